The largest absolute Gasteiger partial charge is 0.343 e. The number of alkyl halides is 1. The number of carbonyl (C=O) groups is 2. The van der Waals surface area contributed by atoms with Crippen molar-refractivity contribution in [3.63, 3.8) is 0 Å². The third kappa shape index (κ3) is 6.23. The molecule has 1 aliphatic carbocycles. The van der Waals surface area contributed by atoms with Gasteiger partial charge in [-0.3, -0.25) is 14.5 Å². The normalized spacial score (nSPS) is 18.3. The molecule has 35 heavy (non-hydrogen) atoms. The maximum absolute atomic E-state index is 13.6. The van der Waals surface area contributed by atoms with Crippen molar-refractivity contribution in [2.24, 2.45) is 0 Å². The number of hydrogen-bond acceptors (Lipinski definition) is 3. The summed E-state index contributed by atoms with van der Waals surface area (Å²) in [5, 5.41) is 4.83. The summed E-state index contributed by atoms with van der Waals surface area (Å²) in [6.45, 7) is 2.05. The first-order chi connectivity index (χ1) is 16.7. The van der Waals surface area contributed by atoms with Gasteiger partial charge in [-0.2, -0.15) is 0 Å². The van der Waals surface area contributed by atoms with Crippen LogP contribution >= 0.6 is 46.4 Å². The molecule has 4 rings (SSSR count). The van der Waals surface area contributed by atoms with Gasteiger partial charge in [0.05, 0.1) is 5.41 Å². The fraction of sp³-hybridized carbons (Fsp3) is 0.440. The van der Waals surface area contributed by atoms with Gasteiger partial charge in [-0.15, -0.1) is 0 Å². The van der Waals surface area contributed by atoms with Gasteiger partial charge in [-0.05, 0) is 54.3 Å². The van der Waals surface area contributed by atoms with Crippen molar-refractivity contribution in [3.05, 3.63) is 67.6 Å². The minimum absolute atomic E-state index is 0.188. The Morgan fingerprint density at radius 3 is 2.17 bits per heavy atom. The molecule has 0 radical (unpaired) electrons. The fourth-order valence-electron chi connectivity index (χ4n) is 4.61. The van der Waals surface area contributed by atoms with Crippen LogP contribution in [0.15, 0.2) is 36.4 Å². The van der Waals surface area contributed by atoms with Crippen LogP contribution in [0.5, 0.6) is 0 Å². The third-order valence-corrected chi connectivity index (χ3v) is 7.67. The molecule has 1 heterocycles. The van der Waals surface area contributed by atoms with Crippen LogP contribution in [-0.2, 0) is 21.4 Å². The molecule has 1 saturated heterocycles. The zero-order valence-electron chi connectivity index (χ0n) is 19.0. The van der Waals surface area contributed by atoms with Gasteiger partial charge in [0, 0.05) is 59.2 Å². The molecule has 188 valence electrons. The zero-order chi connectivity index (χ0) is 25.2. The molecule has 10 heteroatoms. The van der Waals surface area contributed by atoms with Crippen LogP contribution in [-0.4, -0.2) is 67.1 Å². The third-order valence-electron chi connectivity index (χ3n) is 6.68. The lowest BCUT2D eigenvalue weighted by Crippen LogP contribution is -2.56. The Kier molecular flexibility index (Phi) is 8.49. The van der Waals surface area contributed by atoms with Gasteiger partial charge in [-0.25, -0.2) is 4.39 Å². The highest BCUT2D eigenvalue weighted by Crippen LogP contribution is 2.51. The number of nitrogens with zero attached hydrogens (tertiary/aromatic N) is 2. The van der Waals surface area contributed by atoms with Gasteiger partial charge in [-0.1, -0.05) is 52.5 Å². The van der Waals surface area contributed by atoms with Gasteiger partial charge in [0.1, 0.15) is 12.7 Å². The molecule has 2 aromatic carbocycles. The van der Waals surface area contributed by atoms with E-state index >= 15 is 0 Å². The monoisotopic (exact) mass is 559 g/mol. The van der Waals surface area contributed by atoms with Crippen LogP contribution in [0, 0.1) is 0 Å². The Bertz CT molecular complexity index is 1080. The van der Waals surface area contributed by atoms with Gasteiger partial charge < -0.3 is 10.2 Å². The average Bonchev–Trinajstić information content (AvgIpc) is 3.60. The second kappa shape index (κ2) is 11.2. The van der Waals surface area contributed by atoms with Crippen molar-refractivity contribution in [1.82, 2.24) is 15.1 Å². The molecule has 0 bridgehead atoms. The topological polar surface area (TPSA) is 52.7 Å². The van der Waals surface area contributed by atoms with E-state index in [0.29, 0.717) is 71.2 Å². The summed E-state index contributed by atoms with van der Waals surface area (Å²) in [5.74, 6) is -0.434. The van der Waals surface area contributed by atoms with Gasteiger partial charge in [0.2, 0.25) is 11.8 Å². The quantitative estimate of drug-likeness (QED) is 0.484. The maximum atomic E-state index is 13.6. The summed E-state index contributed by atoms with van der Waals surface area (Å²) < 4.78 is 12.7. The maximum Gasteiger partial charge on any atom is 0.245 e. The van der Waals surface area contributed by atoms with Crippen LogP contribution in [0.3, 0.4) is 0 Å². The van der Waals surface area contributed by atoms with E-state index in [9.17, 15) is 14.0 Å². The number of piperazine rings is 1. The van der Waals surface area contributed by atoms with Gasteiger partial charge in [0.15, 0.2) is 0 Å². The molecule has 2 aliphatic rings. The minimum atomic E-state index is -0.812. The highest BCUT2D eigenvalue weighted by atomic mass is 35.5. The first-order valence-corrected chi connectivity index (χ1v) is 13.0. The molecule has 0 aromatic heterocycles. The summed E-state index contributed by atoms with van der Waals surface area (Å²) >= 11 is 24.8. The average molecular weight is 561 g/mol. The molecule has 0 spiro atoms. The van der Waals surface area contributed by atoms with E-state index in [1.807, 2.05) is 4.90 Å². The number of halogens is 5. The van der Waals surface area contributed by atoms with Gasteiger partial charge in [0.25, 0.3) is 0 Å². The lowest BCUT2D eigenvalue weighted by atomic mass is 9.93. The SMILES string of the molecule is O=C(C(Cc1cc(Cl)cc(Cl)c1)NC(=O)C1(c2ccc(Cl)cc2Cl)CC1)N1CCN(CCF)CC1. The Hall–Kier alpha value is -1.57. The molecule has 1 N–H and O–H groups in total. The first kappa shape index (κ1) is 26.5. The summed E-state index contributed by atoms with van der Waals surface area (Å²) in [6.07, 6.45) is 1.50. The Morgan fingerprint density at radius 1 is 0.943 bits per heavy atom. The lowest BCUT2D eigenvalue weighted by Gasteiger charge is -2.36. The van der Waals surface area contributed by atoms with Crippen molar-refractivity contribution in [2.45, 2.75) is 30.7 Å². The van der Waals surface area contributed by atoms with Crippen LogP contribution in [0.4, 0.5) is 4.39 Å². The number of hydrogen-bond donors (Lipinski definition) is 1. The van der Waals surface area contributed by atoms with E-state index in [1.165, 1.54) is 0 Å². The summed E-state index contributed by atoms with van der Waals surface area (Å²) in [6, 6.07) is 9.39. The summed E-state index contributed by atoms with van der Waals surface area (Å²) in [5.41, 5.74) is 0.663. The Balaban J connectivity index is 1.55. The number of carbonyl (C=O) groups excluding carboxylic acids is 2. The molecule has 5 nitrogen and oxygen atoms in total. The van der Waals surface area contributed by atoms with E-state index in [0.717, 1.165) is 5.56 Å². The highest BCUT2D eigenvalue weighted by molar-refractivity contribution is 6.35. The highest BCUT2D eigenvalue weighted by Gasteiger charge is 2.53. The Labute approximate surface area is 224 Å². The molecule has 2 aromatic rings. The van der Waals surface area contributed by atoms with E-state index in [2.05, 4.69) is 5.32 Å². The molecular weight excluding hydrogens is 535 g/mol. The molecular formula is C25H26Cl4FN3O2. The molecule has 1 atom stereocenters. The molecule has 2 amide bonds. The molecule has 2 fully saturated rings. The first-order valence-electron chi connectivity index (χ1n) is 11.5. The number of nitrogens with one attached hydrogen (secondary N) is 1. The second-order valence-electron chi connectivity index (χ2n) is 9.07. The van der Waals surface area contributed by atoms with Crippen molar-refractivity contribution in [3.8, 4) is 0 Å². The van der Waals surface area contributed by atoms with Crippen LogP contribution in [0.1, 0.15) is 24.0 Å². The summed E-state index contributed by atoms with van der Waals surface area (Å²) in [4.78, 5) is 30.8. The van der Waals surface area contributed by atoms with Crippen molar-refractivity contribution in [1.29, 1.82) is 0 Å². The zero-order valence-corrected chi connectivity index (χ0v) is 22.0. The van der Waals surface area contributed by atoms with Gasteiger partial charge >= 0.3 is 0 Å². The fourth-order valence-corrected chi connectivity index (χ4v) is 5.77. The smallest absolute Gasteiger partial charge is 0.245 e. The molecule has 1 saturated carbocycles. The lowest BCUT2D eigenvalue weighted by molar-refractivity contribution is -0.138. The number of amides is 2. The van der Waals surface area contributed by atoms with Crippen LogP contribution in [0.2, 0.25) is 20.1 Å². The molecule has 1 aliphatic heterocycles. The van der Waals surface area contributed by atoms with Crippen LogP contribution < -0.4 is 5.32 Å². The number of rotatable bonds is 8. The van der Waals surface area contributed by atoms with Crippen LogP contribution in [0.25, 0.3) is 0 Å². The van der Waals surface area contributed by atoms with E-state index in [1.54, 1.807) is 41.3 Å². The van der Waals surface area contributed by atoms with E-state index < -0.39 is 18.1 Å². The summed E-state index contributed by atoms with van der Waals surface area (Å²) in [7, 11) is 0. The van der Waals surface area contributed by atoms with Crippen molar-refractivity contribution in [2.75, 3.05) is 39.4 Å². The van der Waals surface area contributed by atoms with E-state index in [4.69, 9.17) is 46.4 Å². The molecule has 1 unspecified atom stereocenters. The second-order valence-corrected chi connectivity index (χ2v) is 10.8. The minimum Gasteiger partial charge on any atom is -0.343 e. The standard InChI is InChI=1S/C25H26Cl4FN3O2/c26-17-1-2-20(21(29)15-17)25(3-4-25)24(35)31-22(13-16-11-18(27)14-19(28)12-16)23(34)33-9-7-32(6-5-30)8-10-33/h1-2,11-12,14-15,22H,3-10,13H2,(H,31,35). The van der Waals surface area contributed by atoms with Crippen molar-refractivity contribution >= 4 is 58.2 Å². The van der Waals surface area contributed by atoms with Crippen molar-refractivity contribution < 1.29 is 14.0 Å². The van der Waals surface area contributed by atoms with E-state index in [-0.39, 0.29) is 18.2 Å². The predicted molar refractivity (Wildman–Crippen MR) is 138 cm³/mol. The predicted octanol–water partition coefficient (Wildman–Crippen LogP) is 5.17. The number of benzene rings is 2. The Morgan fingerprint density at radius 2 is 1.60 bits per heavy atom.